The van der Waals surface area contributed by atoms with E-state index in [1.165, 1.54) is 12.1 Å². The number of hydrogen-bond acceptors (Lipinski definition) is 6. The molecule has 0 aromatic carbocycles. The first-order valence-corrected chi connectivity index (χ1v) is 11.2. The minimum Gasteiger partial charge on any atom is -0.462 e. The van der Waals surface area contributed by atoms with Gasteiger partial charge in [-0.25, -0.2) is 9.48 Å². The summed E-state index contributed by atoms with van der Waals surface area (Å²) in [5.74, 6) is -0.120. The van der Waals surface area contributed by atoms with Crippen molar-refractivity contribution in [1.29, 1.82) is 0 Å². The summed E-state index contributed by atoms with van der Waals surface area (Å²) in [4.78, 5) is 19.3. The fourth-order valence-electron chi connectivity index (χ4n) is 4.38. The molecule has 2 aliphatic heterocycles. The molecule has 0 bridgehead atoms. The molecular weight excluding hydrogens is 404 g/mol. The number of likely N-dealkylation sites (tertiary alicyclic amines) is 1. The number of nitrogens with zero attached hydrogens (tertiary/aromatic N) is 4. The van der Waals surface area contributed by atoms with Crippen molar-refractivity contribution < 1.29 is 14.3 Å². The molecule has 1 unspecified atom stereocenters. The Morgan fingerprint density at radius 2 is 2.13 bits per heavy atom. The highest BCUT2D eigenvalue weighted by atomic mass is 35.5. The van der Waals surface area contributed by atoms with E-state index < -0.39 is 0 Å². The van der Waals surface area contributed by atoms with E-state index in [0.717, 1.165) is 57.6 Å². The van der Waals surface area contributed by atoms with Gasteiger partial charge < -0.3 is 9.47 Å². The summed E-state index contributed by atoms with van der Waals surface area (Å²) in [5, 5.41) is 4.97. The molecule has 2 fully saturated rings. The third-order valence-corrected chi connectivity index (χ3v) is 6.13. The van der Waals surface area contributed by atoms with Gasteiger partial charge in [0.25, 0.3) is 0 Å². The molecule has 0 saturated carbocycles. The molecule has 2 saturated heterocycles. The third-order valence-electron chi connectivity index (χ3n) is 5.92. The van der Waals surface area contributed by atoms with E-state index in [2.05, 4.69) is 21.0 Å². The predicted octanol–water partition coefficient (Wildman–Crippen LogP) is 4.19. The summed E-state index contributed by atoms with van der Waals surface area (Å²) in [5.41, 5.74) is 2.49. The number of piperidine rings is 1. The Morgan fingerprint density at radius 3 is 2.87 bits per heavy atom. The van der Waals surface area contributed by atoms with Crippen molar-refractivity contribution in [3.63, 3.8) is 0 Å². The van der Waals surface area contributed by atoms with Gasteiger partial charge in [0, 0.05) is 31.5 Å². The van der Waals surface area contributed by atoms with Crippen LogP contribution in [-0.4, -0.2) is 51.9 Å². The lowest BCUT2D eigenvalue weighted by atomic mass is 9.90. The number of carbonyl (C=O) groups is 1. The highest BCUT2D eigenvalue weighted by Crippen LogP contribution is 2.31. The van der Waals surface area contributed by atoms with Crippen LogP contribution in [0.1, 0.15) is 72.9 Å². The Bertz CT molecular complexity index is 858. The van der Waals surface area contributed by atoms with Crippen LogP contribution >= 0.6 is 11.6 Å². The fraction of sp³-hybridized carbons (Fsp3) is 0.591. The van der Waals surface area contributed by atoms with Crippen LogP contribution in [0.15, 0.2) is 24.5 Å². The molecular formula is C22H29ClN4O3. The van der Waals surface area contributed by atoms with E-state index in [1.54, 1.807) is 19.2 Å². The van der Waals surface area contributed by atoms with Gasteiger partial charge in [-0.3, -0.25) is 9.88 Å². The highest BCUT2D eigenvalue weighted by Gasteiger charge is 2.27. The molecule has 2 aromatic heterocycles. The van der Waals surface area contributed by atoms with E-state index in [-0.39, 0.29) is 18.1 Å². The average molecular weight is 433 g/mol. The zero-order valence-corrected chi connectivity index (χ0v) is 18.2. The molecule has 4 heterocycles. The zero-order chi connectivity index (χ0) is 20.9. The third kappa shape index (κ3) is 4.85. The van der Waals surface area contributed by atoms with Gasteiger partial charge in [-0.15, -0.1) is 0 Å². The maximum Gasteiger partial charge on any atom is 0.340 e. The van der Waals surface area contributed by atoms with Crippen LogP contribution in [0.2, 0.25) is 5.02 Å². The maximum absolute atomic E-state index is 12.4. The fourth-order valence-corrected chi connectivity index (χ4v) is 4.54. The summed E-state index contributed by atoms with van der Waals surface area (Å²) >= 11 is 6.08. The summed E-state index contributed by atoms with van der Waals surface area (Å²) in [6, 6.07) is 3.76. The molecule has 4 rings (SSSR count). The molecule has 162 valence electrons. The zero-order valence-electron chi connectivity index (χ0n) is 17.4. The predicted molar refractivity (Wildman–Crippen MR) is 114 cm³/mol. The van der Waals surface area contributed by atoms with Crippen LogP contribution in [0.5, 0.6) is 0 Å². The van der Waals surface area contributed by atoms with Crippen LogP contribution in [0.25, 0.3) is 0 Å². The molecule has 1 atom stereocenters. The van der Waals surface area contributed by atoms with Crippen molar-refractivity contribution in [3.05, 3.63) is 46.5 Å². The average Bonchev–Trinajstić information content (AvgIpc) is 3.23. The molecule has 0 aliphatic carbocycles. The minimum absolute atomic E-state index is 0.0618. The number of halogens is 1. The van der Waals surface area contributed by atoms with E-state index in [4.69, 9.17) is 21.1 Å². The quantitative estimate of drug-likeness (QED) is 0.637. The second-order valence-electron chi connectivity index (χ2n) is 7.95. The van der Waals surface area contributed by atoms with Crippen molar-refractivity contribution >= 4 is 17.6 Å². The van der Waals surface area contributed by atoms with Crippen molar-refractivity contribution in [3.8, 4) is 0 Å². The van der Waals surface area contributed by atoms with Gasteiger partial charge in [0.05, 0.1) is 28.6 Å². The SMILES string of the molecule is CCOC(=O)c1cc(Cl)cnc1C1CCN(Cc2ccnn2C2CCCCO2)CC1. The Hall–Kier alpha value is -1.96. The van der Waals surface area contributed by atoms with Gasteiger partial charge in [-0.2, -0.15) is 5.10 Å². The normalized spacial score (nSPS) is 20.9. The summed E-state index contributed by atoms with van der Waals surface area (Å²) in [6.07, 6.45) is 8.77. The van der Waals surface area contributed by atoms with Gasteiger partial charge in [-0.1, -0.05) is 11.6 Å². The first-order valence-electron chi connectivity index (χ1n) is 10.8. The number of hydrogen-bond donors (Lipinski definition) is 0. The molecule has 7 nitrogen and oxygen atoms in total. The standard InChI is InChI=1S/C22H29ClN4O3/c1-2-29-22(28)19-13-17(23)14-24-21(19)16-7-10-26(11-8-16)15-18-6-9-25-27(18)20-5-3-4-12-30-20/h6,9,13-14,16,20H,2-5,7-8,10-12,15H2,1H3. The van der Waals surface area contributed by atoms with Crippen LogP contribution in [-0.2, 0) is 16.0 Å². The van der Waals surface area contributed by atoms with Crippen LogP contribution in [0, 0.1) is 0 Å². The second kappa shape index (κ2) is 9.90. The Labute approximate surface area is 182 Å². The number of rotatable bonds is 6. The van der Waals surface area contributed by atoms with Crippen molar-refractivity contribution in [2.75, 3.05) is 26.3 Å². The minimum atomic E-state index is -0.346. The molecule has 8 heteroatoms. The van der Waals surface area contributed by atoms with Gasteiger partial charge in [0.2, 0.25) is 0 Å². The first-order chi connectivity index (χ1) is 14.7. The second-order valence-corrected chi connectivity index (χ2v) is 8.38. The molecule has 0 radical (unpaired) electrons. The number of esters is 1. The van der Waals surface area contributed by atoms with E-state index in [1.807, 2.05) is 10.9 Å². The smallest absolute Gasteiger partial charge is 0.340 e. The summed E-state index contributed by atoms with van der Waals surface area (Å²) in [6.45, 7) is 5.68. The lowest BCUT2D eigenvalue weighted by Crippen LogP contribution is -2.34. The van der Waals surface area contributed by atoms with E-state index in [9.17, 15) is 4.79 Å². The van der Waals surface area contributed by atoms with Crippen molar-refractivity contribution in [2.45, 2.75) is 57.7 Å². The molecule has 0 amide bonds. The maximum atomic E-state index is 12.4. The molecule has 0 spiro atoms. The Morgan fingerprint density at radius 1 is 1.30 bits per heavy atom. The van der Waals surface area contributed by atoms with Crippen molar-refractivity contribution in [2.24, 2.45) is 0 Å². The van der Waals surface area contributed by atoms with Crippen molar-refractivity contribution in [1.82, 2.24) is 19.7 Å². The van der Waals surface area contributed by atoms with E-state index >= 15 is 0 Å². The largest absolute Gasteiger partial charge is 0.462 e. The topological polar surface area (TPSA) is 69.5 Å². The van der Waals surface area contributed by atoms with Crippen LogP contribution in [0.4, 0.5) is 0 Å². The number of ether oxygens (including phenoxy) is 2. The van der Waals surface area contributed by atoms with Gasteiger partial charge >= 0.3 is 5.97 Å². The lowest BCUT2D eigenvalue weighted by Gasteiger charge is -2.33. The molecule has 0 N–H and O–H groups in total. The summed E-state index contributed by atoms with van der Waals surface area (Å²) < 4.78 is 13.2. The summed E-state index contributed by atoms with van der Waals surface area (Å²) in [7, 11) is 0. The Kier molecular flexibility index (Phi) is 7.02. The molecule has 2 aliphatic rings. The van der Waals surface area contributed by atoms with Gasteiger partial charge in [0.15, 0.2) is 6.23 Å². The molecule has 30 heavy (non-hydrogen) atoms. The lowest BCUT2D eigenvalue weighted by molar-refractivity contribution is -0.0422. The van der Waals surface area contributed by atoms with E-state index in [0.29, 0.717) is 17.2 Å². The van der Waals surface area contributed by atoms with Gasteiger partial charge in [0.1, 0.15) is 0 Å². The number of pyridine rings is 1. The van der Waals surface area contributed by atoms with Crippen LogP contribution < -0.4 is 0 Å². The molecule has 2 aromatic rings. The first kappa shape index (κ1) is 21.3. The monoisotopic (exact) mass is 432 g/mol. The highest BCUT2D eigenvalue weighted by molar-refractivity contribution is 6.30. The Balaban J connectivity index is 1.40. The van der Waals surface area contributed by atoms with Crippen LogP contribution in [0.3, 0.4) is 0 Å². The number of carbonyl (C=O) groups excluding carboxylic acids is 1. The number of aromatic nitrogens is 3. The van der Waals surface area contributed by atoms with Gasteiger partial charge in [-0.05, 0) is 64.3 Å².